The summed E-state index contributed by atoms with van der Waals surface area (Å²) in [4.78, 5) is 26.0. The SMILES string of the molecule is CCS(=O)(=O)N1CC(NC(=O)c2nn(C)c3ccccc23)C(=O)NC2(CCCC2)C1. The number of aromatic nitrogens is 2. The van der Waals surface area contributed by atoms with Crippen molar-refractivity contribution >= 4 is 32.7 Å². The third kappa shape index (κ3) is 3.69. The van der Waals surface area contributed by atoms with Crippen molar-refractivity contribution in [3.8, 4) is 0 Å². The lowest BCUT2D eigenvalue weighted by molar-refractivity contribution is -0.124. The number of hydrogen-bond acceptors (Lipinski definition) is 5. The van der Waals surface area contributed by atoms with Gasteiger partial charge in [-0.2, -0.15) is 9.40 Å². The van der Waals surface area contributed by atoms with Gasteiger partial charge >= 0.3 is 0 Å². The molecule has 1 spiro atoms. The molecule has 10 heteroatoms. The van der Waals surface area contributed by atoms with Gasteiger partial charge in [0.2, 0.25) is 15.9 Å². The maximum atomic E-state index is 13.0. The van der Waals surface area contributed by atoms with Gasteiger partial charge in [-0.05, 0) is 25.8 Å². The maximum absolute atomic E-state index is 13.0. The third-order valence-electron chi connectivity index (χ3n) is 6.17. The number of benzene rings is 1. The molecule has 0 bridgehead atoms. The number of nitrogens with one attached hydrogen (secondary N) is 2. The van der Waals surface area contributed by atoms with E-state index >= 15 is 0 Å². The second kappa shape index (κ2) is 7.66. The summed E-state index contributed by atoms with van der Waals surface area (Å²) in [6.07, 6.45) is 3.36. The Morgan fingerprint density at radius 3 is 2.70 bits per heavy atom. The molecule has 9 nitrogen and oxygen atoms in total. The van der Waals surface area contributed by atoms with Crippen molar-refractivity contribution in [3.63, 3.8) is 0 Å². The maximum Gasteiger partial charge on any atom is 0.273 e. The molecule has 4 rings (SSSR count). The number of sulfonamides is 1. The summed E-state index contributed by atoms with van der Waals surface area (Å²) in [5.41, 5.74) is 0.454. The van der Waals surface area contributed by atoms with Crippen molar-refractivity contribution in [2.45, 2.75) is 44.2 Å². The fraction of sp³-hybridized carbons (Fsp3) is 0.550. The number of carbonyl (C=O) groups is 2. The molecule has 2 fully saturated rings. The largest absolute Gasteiger partial charge is 0.348 e. The molecule has 1 saturated heterocycles. The molecule has 1 saturated carbocycles. The first-order chi connectivity index (χ1) is 14.2. The van der Waals surface area contributed by atoms with Crippen LogP contribution in [0.1, 0.15) is 43.1 Å². The Bertz CT molecular complexity index is 1090. The molecule has 1 aromatic carbocycles. The third-order valence-corrected chi connectivity index (χ3v) is 7.96. The molecule has 2 heterocycles. The first-order valence-electron chi connectivity index (χ1n) is 10.3. The minimum atomic E-state index is -3.53. The van der Waals surface area contributed by atoms with Crippen molar-refractivity contribution < 1.29 is 18.0 Å². The van der Waals surface area contributed by atoms with Gasteiger partial charge in [-0.25, -0.2) is 8.42 Å². The number of amides is 2. The highest BCUT2D eigenvalue weighted by Gasteiger charge is 2.45. The van der Waals surface area contributed by atoms with Crippen LogP contribution in [-0.2, 0) is 21.9 Å². The fourth-order valence-corrected chi connectivity index (χ4v) is 5.71. The van der Waals surface area contributed by atoms with Gasteiger partial charge in [0.25, 0.3) is 5.91 Å². The van der Waals surface area contributed by atoms with Crippen molar-refractivity contribution in [2.75, 3.05) is 18.8 Å². The molecule has 1 aliphatic heterocycles. The predicted molar refractivity (Wildman–Crippen MR) is 112 cm³/mol. The van der Waals surface area contributed by atoms with Crippen LogP contribution < -0.4 is 10.6 Å². The Morgan fingerprint density at radius 2 is 2.00 bits per heavy atom. The van der Waals surface area contributed by atoms with Crippen molar-refractivity contribution in [3.05, 3.63) is 30.0 Å². The Hall–Kier alpha value is -2.46. The molecule has 1 unspecified atom stereocenters. The number of fused-ring (bicyclic) bond motifs is 1. The highest BCUT2D eigenvalue weighted by molar-refractivity contribution is 7.89. The van der Waals surface area contributed by atoms with Gasteiger partial charge in [-0.15, -0.1) is 0 Å². The van der Waals surface area contributed by atoms with E-state index in [4.69, 9.17) is 0 Å². The highest BCUT2D eigenvalue weighted by Crippen LogP contribution is 2.33. The smallest absolute Gasteiger partial charge is 0.273 e. The highest BCUT2D eigenvalue weighted by atomic mass is 32.2. The van der Waals surface area contributed by atoms with Gasteiger partial charge in [-0.3, -0.25) is 14.3 Å². The first kappa shape index (κ1) is 20.8. The van der Waals surface area contributed by atoms with E-state index in [0.29, 0.717) is 5.39 Å². The second-order valence-electron chi connectivity index (χ2n) is 8.19. The summed E-state index contributed by atoms with van der Waals surface area (Å²) in [6.45, 7) is 1.75. The van der Waals surface area contributed by atoms with E-state index in [1.807, 2.05) is 18.2 Å². The van der Waals surface area contributed by atoms with Crippen molar-refractivity contribution in [2.24, 2.45) is 7.05 Å². The van der Waals surface area contributed by atoms with Crippen LogP contribution in [-0.4, -0.2) is 64.7 Å². The molecule has 2 amide bonds. The van der Waals surface area contributed by atoms with E-state index in [-0.39, 0.29) is 30.4 Å². The quantitative estimate of drug-likeness (QED) is 0.739. The summed E-state index contributed by atoms with van der Waals surface area (Å²) in [6, 6.07) is 6.35. The molecule has 2 aliphatic rings. The molecule has 2 aromatic rings. The summed E-state index contributed by atoms with van der Waals surface area (Å²) >= 11 is 0. The number of hydrogen-bond donors (Lipinski definition) is 2. The van der Waals surface area contributed by atoms with Gasteiger partial charge in [0.1, 0.15) is 6.04 Å². The average Bonchev–Trinajstić information content (AvgIpc) is 3.27. The van der Waals surface area contributed by atoms with Gasteiger partial charge in [0.05, 0.1) is 16.8 Å². The lowest BCUT2D eigenvalue weighted by Crippen LogP contribution is -2.54. The molecule has 30 heavy (non-hydrogen) atoms. The van der Waals surface area contributed by atoms with Crippen molar-refractivity contribution in [1.29, 1.82) is 0 Å². The van der Waals surface area contributed by atoms with Crippen LogP contribution in [0.15, 0.2) is 24.3 Å². The van der Waals surface area contributed by atoms with Gasteiger partial charge in [0, 0.05) is 25.5 Å². The lowest BCUT2D eigenvalue weighted by atomic mass is 9.98. The van der Waals surface area contributed by atoms with E-state index in [2.05, 4.69) is 15.7 Å². The average molecular weight is 434 g/mol. The Balaban J connectivity index is 1.63. The summed E-state index contributed by atoms with van der Waals surface area (Å²) < 4.78 is 28.4. The van der Waals surface area contributed by atoms with Crippen LogP contribution in [0.4, 0.5) is 0 Å². The topological polar surface area (TPSA) is 113 Å². The van der Waals surface area contributed by atoms with Gasteiger partial charge in [-0.1, -0.05) is 31.0 Å². The predicted octanol–water partition coefficient (Wildman–Crippen LogP) is 0.766. The molecule has 162 valence electrons. The zero-order chi connectivity index (χ0) is 21.5. The Morgan fingerprint density at radius 1 is 1.30 bits per heavy atom. The zero-order valence-electron chi connectivity index (χ0n) is 17.2. The molecular formula is C20H27N5O4S. The zero-order valence-corrected chi connectivity index (χ0v) is 18.0. The molecule has 0 radical (unpaired) electrons. The van der Waals surface area contributed by atoms with Crippen LogP contribution in [0.3, 0.4) is 0 Å². The van der Waals surface area contributed by atoms with Crippen LogP contribution in [0.5, 0.6) is 0 Å². The monoisotopic (exact) mass is 433 g/mol. The van der Waals surface area contributed by atoms with Crippen LogP contribution >= 0.6 is 0 Å². The fourth-order valence-electron chi connectivity index (χ4n) is 4.53. The van der Waals surface area contributed by atoms with E-state index in [1.165, 1.54) is 4.31 Å². The van der Waals surface area contributed by atoms with E-state index in [0.717, 1.165) is 31.2 Å². The number of rotatable bonds is 4. The Labute approximate surface area is 175 Å². The summed E-state index contributed by atoms with van der Waals surface area (Å²) in [5.74, 6) is -0.898. The molecule has 1 aromatic heterocycles. The second-order valence-corrected chi connectivity index (χ2v) is 10.4. The number of nitrogens with zero attached hydrogens (tertiary/aromatic N) is 3. The standard InChI is InChI=1S/C20H27N5O4S/c1-3-30(28,29)25-12-15(18(26)22-20(13-25)10-6-7-11-20)21-19(27)17-14-8-4-5-9-16(14)24(2)23-17/h4-5,8-9,15H,3,6-7,10-13H2,1-2H3,(H,21,27)(H,22,26). The number of para-hydroxylation sites is 1. The Kier molecular flexibility index (Phi) is 5.31. The minimum absolute atomic E-state index is 0.0528. The molecule has 1 atom stereocenters. The first-order valence-corrected chi connectivity index (χ1v) is 11.9. The number of aryl methyl sites for hydroxylation is 1. The van der Waals surface area contributed by atoms with E-state index < -0.39 is 27.5 Å². The number of carbonyl (C=O) groups excluding carboxylic acids is 2. The van der Waals surface area contributed by atoms with Crippen LogP contribution in [0.2, 0.25) is 0 Å². The van der Waals surface area contributed by atoms with E-state index in [1.54, 1.807) is 24.7 Å². The summed E-state index contributed by atoms with van der Waals surface area (Å²) in [5, 5.41) is 10.8. The normalized spacial score (nSPS) is 22.2. The minimum Gasteiger partial charge on any atom is -0.348 e. The van der Waals surface area contributed by atoms with E-state index in [9.17, 15) is 18.0 Å². The molecule has 2 N–H and O–H groups in total. The molecule has 1 aliphatic carbocycles. The summed E-state index contributed by atoms with van der Waals surface area (Å²) in [7, 11) is -1.78. The van der Waals surface area contributed by atoms with Gasteiger partial charge in [0.15, 0.2) is 5.69 Å². The van der Waals surface area contributed by atoms with Crippen LogP contribution in [0, 0.1) is 0 Å². The lowest BCUT2D eigenvalue weighted by Gasteiger charge is -2.32. The van der Waals surface area contributed by atoms with Gasteiger partial charge < -0.3 is 10.6 Å². The van der Waals surface area contributed by atoms with Crippen molar-refractivity contribution in [1.82, 2.24) is 24.7 Å². The van der Waals surface area contributed by atoms with Crippen LogP contribution in [0.25, 0.3) is 10.9 Å². The molecular weight excluding hydrogens is 406 g/mol.